The van der Waals surface area contributed by atoms with E-state index in [1.165, 1.54) is 17.2 Å². The molecule has 0 saturated heterocycles. The van der Waals surface area contributed by atoms with Crippen molar-refractivity contribution in [1.29, 1.82) is 5.26 Å². The average molecular weight is 314 g/mol. The number of nitriles is 1. The number of alkyl carbamates (subject to hydrolysis) is 1. The molecule has 0 spiro atoms. The number of nitrogens with one attached hydrogen (secondary N) is 1. The summed E-state index contributed by atoms with van der Waals surface area (Å²) in [5, 5.41) is 15.6. The molecule has 23 heavy (non-hydrogen) atoms. The van der Waals surface area contributed by atoms with Crippen LogP contribution in [0, 0.1) is 11.3 Å². The van der Waals surface area contributed by atoms with Gasteiger partial charge in [0.15, 0.2) is 11.6 Å². The van der Waals surface area contributed by atoms with Gasteiger partial charge in [0.25, 0.3) is 0 Å². The van der Waals surface area contributed by atoms with E-state index >= 15 is 0 Å². The first kappa shape index (κ1) is 16.4. The second kappa shape index (κ2) is 6.44. The number of amides is 1. The molecular weight excluding hydrogens is 296 g/mol. The Labute approximate surface area is 134 Å². The van der Waals surface area contributed by atoms with Crippen LogP contribution >= 0.6 is 0 Å². The molecule has 1 N–H and O–H groups in total. The van der Waals surface area contributed by atoms with E-state index in [9.17, 15) is 4.79 Å². The second-order valence-corrected chi connectivity index (χ2v) is 5.91. The predicted octanol–water partition coefficient (Wildman–Crippen LogP) is 2.12. The van der Waals surface area contributed by atoms with Crippen LogP contribution in [0.15, 0.2) is 24.7 Å². The topological polar surface area (TPSA) is 106 Å². The van der Waals surface area contributed by atoms with E-state index in [0.29, 0.717) is 17.2 Å². The van der Waals surface area contributed by atoms with Crippen molar-refractivity contribution in [2.75, 3.05) is 0 Å². The van der Waals surface area contributed by atoms with Gasteiger partial charge in [-0.3, -0.25) is 0 Å². The maximum Gasteiger partial charge on any atom is 0.408 e. The molecule has 2 rings (SSSR count). The molecule has 0 saturated carbocycles. The summed E-state index contributed by atoms with van der Waals surface area (Å²) in [6.07, 6.45) is 2.29. The van der Waals surface area contributed by atoms with Crippen LogP contribution < -0.4 is 5.32 Å². The quantitative estimate of drug-likeness (QED) is 0.930. The number of nitrogens with zero attached hydrogens (tertiary/aromatic N) is 5. The molecule has 1 unspecified atom stereocenters. The van der Waals surface area contributed by atoms with Gasteiger partial charge in [0.05, 0.1) is 11.6 Å². The van der Waals surface area contributed by atoms with Crippen LogP contribution in [0.25, 0.3) is 5.82 Å². The van der Waals surface area contributed by atoms with Gasteiger partial charge in [-0.2, -0.15) is 15.0 Å². The number of rotatable bonds is 3. The third-order valence-corrected chi connectivity index (χ3v) is 2.79. The summed E-state index contributed by atoms with van der Waals surface area (Å²) in [6, 6.07) is 4.88. The van der Waals surface area contributed by atoms with Crippen molar-refractivity contribution in [1.82, 2.24) is 25.1 Å². The highest BCUT2D eigenvalue weighted by atomic mass is 16.6. The van der Waals surface area contributed by atoms with Crippen LogP contribution in [0.2, 0.25) is 0 Å². The van der Waals surface area contributed by atoms with Crippen LogP contribution in [-0.4, -0.2) is 31.4 Å². The number of hydrogen-bond donors (Lipinski definition) is 1. The van der Waals surface area contributed by atoms with Crippen LogP contribution in [0.4, 0.5) is 4.79 Å². The van der Waals surface area contributed by atoms with Gasteiger partial charge in [-0.05, 0) is 39.8 Å². The van der Waals surface area contributed by atoms with Crippen molar-refractivity contribution in [2.45, 2.75) is 39.3 Å². The van der Waals surface area contributed by atoms with Gasteiger partial charge in [-0.1, -0.05) is 0 Å². The molecule has 1 atom stereocenters. The first-order valence-electron chi connectivity index (χ1n) is 7.06. The van der Waals surface area contributed by atoms with E-state index in [2.05, 4.69) is 20.4 Å². The third-order valence-electron chi connectivity index (χ3n) is 2.79. The van der Waals surface area contributed by atoms with Gasteiger partial charge in [-0.15, -0.1) is 0 Å². The van der Waals surface area contributed by atoms with Crippen molar-refractivity contribution in [2.24, 2.45) is 0 Å². The van der Waals surface area contributed by atoms with Crippen molar-refractivity contribution >= 4 is 6.09 Å². The lowest BCUT2D eigenvalue weighted by atomic mass is 10.2. The van der Waals surface area contributed by atoms with Crippen molar-refractivity contribution in [3.8, 4) is 11.9 Å². The summed E-state index contributed by atoms with van der Waals surface area (Å²) < 4.78 is 6.73. The highest BCUT2D eigenvalue weighted by molar-refractivity contribution is 5.68. The Balaban J connectivity index is 2.16. The molecule has 1 amide bonds. The fourth-order valence-corrected chi connectivity index (χ4v) is 1.85. The first-order valence-corrected chi connectivity index (χ1v) is 7.06. The van der Waals surface area contributed by atoms with Gasteiger partial charge in [-0.25, -0.2) is 14.8 Å². The fourth-order valence-electron chi connectivity index (χ4n) is 1.85. The molecule has 0 aliphatic carbocycles. The Morgan fingerprint density at radius 2 is 2.13 bits per heavy atom. The smallest absolute Gasteiger partial charge is 0.408 e. The lowest BCUT2D eigenvalue weighted by Gasteiger charge is -2.21. The summed E-state index contributed by atoms with van der Waals surface area (Å²) in [4.78, 5) is 20.2. The summed E-state index contributed by atoms with van der Waals surface area (Å²) in [5.74, 6) is 1.02. The molecule has 0 aliphatic rings. The highest BCUT2D eigenvalue weighted by Gasteiger charge is 2.21. The van der Waals surface area contributed by atoms with E-state index in [4.69, 9.17) is 10.00 Å². The molecule has 2 heterocycles. The van der Waals surface area contributed by atoms with Crippen molar-refractivity contribution in [3.63, 3.8) is 0 Å². The maximum absolute atomic E-state index is 11.9. The Hall–Kier alpha value is -2.95. The normalized spacial score (nSPS) is 12.3. The largest absolute Gasteiger partial charge is 0.444 e. The van der Waals surface area contributed by atoms with Gasteiger partial charge in [0, 0.05) is 6.20 Å². The Bertz CT molecular complexity index is 724. The second-order valence-electron chi connectivity index (χ2n) is 5.91. The van der Waals surface area contributed by atoms with Crippen molar-refractivity contribution < 1.29 is 9.53 Å². The molecule has 0 bridgehead atoms. The minimum absolute atomic E-state index is 0.426. The van der Waals surface area contributed by atoms with Crippen LogP contribution in [0.5, 0.6) is 0 Å². The zero-order valence-corrected chi connectivity index (χ0v) is 13.4. The van der Waals surface area contributed by atoms with E-state index in [1.54, 1.807) is 39.8 Å². The summed E-state index contributed by atoms with van der Waals surface area (Å²) >= 11 is 0. The fraction of sp³-hybridized carbons (Fsp3) is 0.400. The number of hydrogen-bond acceptors (Lipinski definition) is 6. The van der Waals surface area contributed by atoms with Gasteiger partial charge in [0.1, 0.15) is 18.0 Å². The van der Waals surface area contributed by atoms with Crippen LogP contribution in [0.1, 0.15) is 45.1 Å². The maximum atomic E-state index is 11.9. The zero-order chi connectivity index (χ0) is 17.0. The van der Waals surface area contributed by atoms with E-state index in [0.717, 1.165) is 0 Å². The van der Waals surface area contributed by atoms with Crippen LogP contribution in [0.3, 0.4) is 0 Å². The summed E-state index contributed by atoms with van der Waals surface area (Å²) in [7, 11) is 0. The molecule has 120 valence electrons. The third kappa shape index (κ3) is 4.26. The van der Waals surface area contributed by atoms with E-state index < -0.39 is 17.7 Å². The highest BCUT2D eigenvalue weighted by Crippen LogP contribution is 2.15. The average Bonchev–Trinajstić information content (AvgIpc) is 2.94. The molecule has 0 radical (unpaired) electrons. The zero-order valence-electron chi connectivity index (χ0n) is 13.4. The lowest BCUT2D eigenvalue weighted by molar-refractivity contribution is 0.0505. The molecule has 0 fully saturated rings. The Kier molecular flexibility index (Phi) is 4.60. The number of carbonyl (C=O) groups is 1. The molecule has 0 aliphatic heterocycles. The van der Waals surface area contributed by atoms with Gasteiger partial charge in [0.2, 0.25) is 0 Å². The van der Waals surface area contributed by atoms with E-state index in [1.807, 2.05) is 6.07 Å². The molecule has 8 heteroatoms. The monoisotopic (exact) mass is 314 g/mol. The lowest BCUT2D eigenvalue weighted by Crippen LogP contribution is -2.35. The standard InChI is InChI=1S/C15H18N6O2/c1-10(20-14(22)23-15(2,3)4)13-18-9-19-21(13)12-6-5-11(7-16)8-17-12/h5-6,8-10H,1-4H3,(H,20,22). The van der Waals surface area contributed by atoms with Gasteiger partial charge >= 0.3 is 6.09 Å². The predicted molar refractivity (Wildman–Crippen MR) is 81.7 cm³/mol. The molecule has 2 aromatic heterocycles. The number of ether oxygens (including phenoxy) is 1. The van der Waals surface area contributed by atoms with Crippen molar-refractivity contribution in [3.05, 3.63) is 36.0 Å². The Morgan fingerprint density at radius 3 is 2.70 bits per heavy atom. The SMILES string of the molecule is CC(NC(=O)OC(C)(C)C)c1ncnn1-c1ccc(C#N)cn1. The number of carbonyl (C=O) groups excluding carboxylic acids is 1. The van der Waals surface area contributed by atoms with Gasteiger partial charge < -0.3 is 10.1 Å². The number of aromatic nitrogens is 4. The van der Waals surface area contributed by atoms with Crippen LogP contribution in [-0.2, 0) is 4.74 Å². The summed E-state index contributed by atoms with van der Waals surface area (Å²) in [5.41, 5.74) is -0.123. The van der Waals surface area contributed by atoms with E-state index in [-0.39, 0.29) is 0 Å². The summed E-state index contributed by atoms with van der Waals surface area (Å²) in [6.45, 7) is 7.15. The Morgan fingerprint density at radius 1 is 1.39 bits per heavy atom. The molecule has 8 nitrogen and oxygen atoms in total. The molecule has 2 aromatic rings. The first-order chi connectivity index (χ1) is 10.8. The minimum atomic E-state index is -0.577. The molecule has 0 aromatic carbocycles. The molecular formula is C15H18N6O2. The minimum Gasteiger partial charge on any atom is -0.444 e. The number of pyridine rings is 1.